The molecule has 0 aromatic heterocycles. The van der Waals surface area contributed by atoms with Crippen LogP contribution >= 0.6 is 15.6 Å². The van der Waals surface area contributed by atoms with Crippen molar-refractivity contribution in [2.24, 2.45) is 0 Å². The molecule has 0 saturated heterocycles. The van der Waals surface area contributed by atoms with Gasteiger partial charge in [-0.25, -0.2) is 9.13 Å². The SMILES string of the molecule is CCCCCCCCCCCCCCCCCCCCCC(=O)O[C@H](COC(=O)CCCCCCCCCCCCCCCCCC)COP(=O)(O)OC[C@@H](O)COP(=O)(O)OC[C@@H](COC(=O)CCCCCCCCCCCCCC)OC(=O)CCCCCCCCCCCCCCCC. The Morgan fingerprint density at radius 1 is 0.238 bits per heavy atom. The fourth-order valence-corrected chi connectivity index (χ4v) is 14.4. The van der Waals surface area contributed by atoms with E-state index in [1.807, 2.05) is 0 Å². The largest absolute Gasteiger partial charge is 0.472 e. The number of rotatable bonds is 83. The van der Waals surface area contributed by atoms with Crippen LogP contribution in [0.2, 0.25) is 0 Å². The summed E-state index contributed by atoms with van der Waals surface area (Å²) in [6.45, 7) is 5.04. The lowest BCUT2D eigenvalue weighted by Gasteiger charge is -2.21. The number of carbonyl (C=O) groups excluding carboxylic acids is 4. The zero-order valence-corrected chi connectivity index (χ0v) is 67.7. The number of esters is 4. The van der Waals surface area contributed by atoms with Crippen molar-refractivity contribution in [2.75, 3.05) is 39.6 Å². The maximum atomic E-state index is 13.1. The summed E-state index contributed by atoms with van der Waals surface area (Å²) in [5.41, 5.74) is 0. The second-order valence-electron chi connectivity index (χ2n) is 29.5. The fourth-order valence-electron chi connectivity index (χ4n) is 12.8. The van der Waals surface area contributed by atoms with Gasteiger partial charge in [0.25, 0.3) is 0 Å². The van der Waals surface area contributed by atoms with E-state index in [1.54, 1.807) is 0 Å². The number of phosphoric ester groups is 2. The van der Waals surface area contributed by atoms with Crippen LogP contribution in [0.25, 0.3) is 0 Å². The van der Waals surface area contributed by atoms with Crippen LogP contribution in [0.15, 0.2) is 0 Å². The van der Waals surface area contributed by atoms with Crippen molar-refractivity contribution in [3.05, 3.63) is 0 Å². The molecule has 0 saturated carbocycles. The molecule has 0 aromatic rings. The zero-order valence-electron chi connectivity index (χ0n) is 65.9. The average molecular weight is 1480 g/mol. The number of aliphatic hydroxyl groups excluding tert-OH is 1. The summed E-state index contributed by atoms with van der Waals surface area (Å²) >= 11 is 0. The number of hydrogen-bond acceptors (Lipinski definition) is 15. The van der Waals surface area contributed by atoms with Gasteiger partial charge in [0.1, 0.15) is 19.3 Å². The van der Waals surface area contributed by atoms with E-state index >= 15 is 0 Å². The average Bonchev–Trinajstić information content (AvgIpc) is 0.931. The van der Waals surface area contributed by atoms with Gasteiger partial charge in [-0.15, -0.1) is 0 Å². The van der Waals surface area contributed by atoms with Crippen LogP contribution in [-0.2, 0) is 65.4 Å². The van der Waals surface area contributed by atoms with Crippen LogP contribution in [0, 0.1) is 0 Å². The number of aliphatic hydroxyl groups is 1. The Labute approximate surface area is 619 Å². The van der Waals surface area contributed by atoms with Crippen molar-refractivity contribution in [1.29, 1.82) is 0 Å². The minimum Gasteiger partial charge on any atom is -0.462 e. The van der Waals surface area contributed by atoms with E-state index < -0.39 is 97.5 Å². The van der Waals surface area contributed by atoms with Crippen molar-refractivity contribution in [2.45, 2.75) is 463 Å². The number of hydrogen-bond donors (Lipinski definition) is 3. The Hall–Kier alpha value is -1.94. The van der Waals surface area contributed by atoms with E-state index in [0.29, 0.717) is 25.7 Å². The van der Waals surface area contributed by atoms with Crippen LogP contribution in [0.4, 0.5) is 0 Å². The second-order valence-corrected chi connectivity index (χ2v) is 32.4. The van der Waals surface area contributed by atoms with Crippen molar-refractivity contribution < 1.29 is 80.2 Å². The predicted octanol–water partition coefficient (Wildman–Crippen LogP) is 25.0. The third kappa shape index (κ3) is 76.1. The van der Waals surface area contributed by atoms with Crippen LogP contribution in [0.1, 0.15) is 445 Å². The first-order valence-electron chi connectivity index (χ1n) is 42.8. The monoisotopic (exact) mass is 1480 g/mol. The summed E-state index contributed by atoms with van der Waals surface area (Å²) in [5, 5.41) is 10.7. The van der Waals surface area contributed by atoms with E-state index in [-0.39, 0.29) is 25.7 Å². The summed E-state index contributed by atoms with van der Waals surface area (Å²) in [6, 6.07) is 0. The summed E-state index contributed by atoms with van der Waals surface area (Å²) < 4.78 is 68.8. The standard InChI is InChI=1S/C82H160O17P2/c1-5-9-13-17-21-25-29-33-36-38-39-40-42-45-49-53-57-61-65-69-82(87)99-78(73-93-80(85)67-63-59-55-51-47-44-41-37-34-30-26-22-18-14-10-6-2)75-97-101(90,91)95-71-76(83)70-94-100(88,89)96-74-77(72-92-79(84)66-62-58-54-50-46-32-28-24-20-16-12-8-4)98-81(86)68-64-60-56-52-48-43-35-31-27-23-19-15-11-7-3/h76-78,83H,5-75H2,1-4H3,(H,88,89)(H,90,91)/t76-,77+,78+/m0/s1. The number of phosphoric acid groups is 2. The molecule has 5 atom stereocenters. The van der Waals surface area contributed by atoms with Gasteiger partial charge in [0, 0.05) is 25.7 Å². The molecule has 0 radical (unpaired) electrons. The Bertz CT molecular complexity index is 1910. The Balaban J connectivity index is 5.25. The summed E-state index contributed by atoms with van der Waals surface area (Å²) in [4.78, 5) is 73.1. The van der Waals surface area contributed by atoms with Crippen LogP contribution in [0.3, 0.4) is 0 Å². The molecular weight excluding hydrogens is 1320 g/mol. The topological polar surface area (TPSA) is 237 Å². The van der Waals surface area contributed by atoms with Gasteiger partial charge in [-0.2, -0.15) is 0 Å². The minimum absolute atomic E-state index is 0.109. The van der Waals surface area contributed by atoms with Gasteiger partial charge >= 0.3 is 39.5 Å². The molecule has 3 N–H and O–H groups in total. The molecule has 0 bridgehead atoms. The lowest BCUT2D eigenvalue weighted by molar-refractivity contribution is -0.161. The highest BCUT2D eigenvalue weighted by Gasteiger charge is 2.30. The predicted molar refractivity (Wildman–Crippen MR) is 414 cm³/mol. The lowest BCUT2D eigenvalue weighted by Crippen LogP contribution is -2.30. The third-order valence-electron chi connectivity index (χ3n) is 19.4. The number of carbonyl (C=O) groups is 4. The second kappa shape index (κ2) is 76.3. The number of ether oxygens (including phenoxy) is 4. The molecule has 19 heteroatoms. The molecule has 17 nitrogen and oxygen atoms in total. The molecule has 101 heavy (non-hydrogen) atoms. The van der Waals surface area contributed by atoms with Gasteiger partial charge in [-0.05, 0) is 25.7 Å². The van der Waals surface area contributed by atoms with Crippen LogP contribution in [0.5, 0.6) is 0 Å². The van der Waals surface area contributed by atoms with Crippen LogP contribution in [-0.4, -0.2) is 96.7 Å². The highest BCUT2D eigenvalue weighted by molar-refractivity contribution is 7.47. The minimum atomic E-state index is -4.96. The van der Waals surface area contributed by atoms with Gasteiger partial charge in [0.15, 0.2) is 12.2 Å². The molecule has 600 valence electrons. The summed E-state index contributed by atoms with van der Waals surface area (Å²) in [7, 11) is -9.92. The van der Waals surface area contributed by atoms with Gasteiger partial charge in [0.05, 0.1) is 26.4 Å². The molecule has 0 aliphatic heterocycles. The van der Waals surface area contributed by atoms with E-state index in [1.165, 1.54) is 276 Å². The Kier molecular flexibility index (Phi) is 74.8. The maximum Gasteiger partial charge on any atom is 0.472 e. The van der Waals surface area contributed by atoms with E-state index in [2.05, 4.69) is 27.7 Å². The first kappa shape index (κ1) is 99.1. The molecule has 0 amide bonds. The highest BCUT2D eigenvalue weighted by atomic mass is 31.2. The molecule has 0 aliphatic rings. The van der Waals surface area contributed by atoms with Crippen molar-refractivity contribution in [3.63, 3.8) is 0 Å². The van der Waals surface area contributed by atoms with Gasteiger partial charge in [-0.3, -0.25) is 37.3 Å². The number of unbranched alkanes of at least 4 members (excludes halogenated alkanes) is 57. The van der Waals surface area contributed by atoms with E-state index in [0.717, 1.165) is 89.9 Å². The van der Waals surface area contributed by atoms with Crippen LogP contribution < -0.4 is 0 Å². The van der Waals surface area contributed by atoms with Crippen molar-refractivity contribution in [3.8, 4) is 0 Å². The van der Waals surface area contributed by atoms with Gasteiger partial charge < -0.3 is 33.8 Å². The summed E-state index contributed by atoms with van der Waals surface area (Å²) in [6.07, 6.45) is 69.2. The smallest absolute Gasteiger partial charge is 0.462 e. The van der Waals surface area contributed by atoms with Gasteiger partial charge in [0.2, 0.25) is 0 Å². The maximum absolute atomic E-state index is 13.1. The first-order valence-corrected chi connectivity index (χ1v) is 45.8. The summed E-state index contributed by atoms with van der Waals surface area (Å²) in [5.74, 6) is -2.10. The molecular formula is C82H160O17P2. The molecule has 0 rings (SSSR count). The Morgan fingerprint density at radius 3 is 0.584 bits per heavy atom. The molecule has 0 spiro atoms. The lowest BCUT2D eigenvalue weighted by atomic mass is 10.0. The zero-order chi connectivity index (χ0) is 73.9. The van der Waals surface area contributed by atoms with Crippen molar-refractivity contribution in [1.82, 2.24) is 0 Å². The van der Waals surface area contributed by atoms with Gasteiger partial charge in [-0.1, -0.05) is 394 Å². The Morgan fingerprint density at radius 2 is 0.396 bits per heavy atom. The fraction of sp³-hybridized carbons (Fsp3) is 0.951. The molecule has 0 fully saturated rings. The highest BCUT2D eigenvalue weighted by Crippen LogP contribution is 2.45. The molecule has 2 unspecified atom stereocenters. The first-order chi connectivity index (χ1) is 49.2. The molecule has 0 aromatic carbocycles. The quantitative estimate of drug-likeness (QED) is 0.0222. The van der Waals surface area contributed by atoms with Crippen molar-refractivity contribution >= 4 is 39.5 Å². The normalized spacial score (nSPS) is 13.8. The molecule has 0 heterocycles. The third-order valence-corrected chi connectivity index (χ3v) is 21.3. The van der Waals surface area contributed by atoms with E-state index in [4.69, 9.17) is 37.0 Å². The van der Waals surface area contributed by atoms with E-state index in [9.17, 15) is 43.2 Å². The molecule has 0 aliphatic carbocycles.